The molecule has 2 nitrogen and oxygen atoms in total. The van der Waals surface area contributed by atoms with Crippen molar-refractivity contribution in [2.45, 2.75) is 26.2 Å². The Labute approximate surface area is 117 Å². The Kier molecular flexibility index (Phi) is 3.09. The van der Waals surface area contributed by atoms with E-state index in [-0.39, 0.29) is 5.41 Å². The van der Waals surface area contributed by atoms with Crippen molar-refractivity contribution in [1.29, 1.82) is 0 Å². The SMILES string of the molecule is CN1CC2CN(c3cccc(C(C)(C)C)c3)CC2C1. The van der Waals surface area contributed by atoms with Crippen LogP contribution in [-0.4, -0.2) is 38.1 Å². The molecule has 2 aliphatic heterocycles. The highest BCUT2D eigenvalue weighted by Gasteiger charge is 2.38. The quantitative estimate of drug-likeness (QED) is 0.764. The van der Waals surface area contributed by atoms with Crippen molar-refractivity contribution in [1.82, 2.24) is 4.90 Å². The molecule has 1 aromatic carbocycles. The first kappa shape index (κ1) is 13.0. The van der Waals surface area contributed by atoms with Crippen LogP contribution in [0.5, 0.6) is 0 Å². The van der Waals surface area contributed by atoms with E-state index in [9.17, 15) is 0 Å². The van der Waals surface area contributed by atoms with Gasteiger partial charge >= 0.3 is 0 Å². The van der Waals surface area contributed by atoms with Crippen LogP contribution in [0, 0.1) is 11.8 Å². The second-order valence-electron chi connectivity index (χ2n) is 7.45. The first-order chi connectivity index (χ1) is 8.93. The minimum atomic E-state index is 0.242. The predicted molar refractivity (Wildman–Crippen MR) is 81.8 cm³/mol. The van der Waals surface area contributed by atoms with E-state index in [1.807, 2.05) is 0 Å². The third-order valence-electron chi connectivity index (χ3n) is 4.75. The molecule has 2 atom stereocenters. The van der Waals surface area contributed by atoms with Gasteiger partial charge in [0, 0.05) is 31.9 Å². The summed E-state index contributed by atoms with van der Waals surface area (Å²) >= 11 is 0. The molecule has 0 radical (unpaired) electrons. The first-order valence-electron chi connectivity index (χ1n) is 7.47. The van der Waals surface area contributed by atoms with Gasteiger partial charge in [0.15, 0.2) is 0 Å². The topological polar surface area (TPSA) is 6.48 Å². The van der Waals surface area contributed by atoms with Crippen LogP contribution in [0.25, 0.3) is 0 Å². The fourth-order valence-electron chi connectivity index (χ4n) is 3.61. The Hall–Kier alpha value is -1.02. The summed E-state index contributed by atoms with van der Waals surface area (Å²) in [5.74, 6) is 1.76. The first-order valence-corrected chi connectivity index (χ1v) is 7.47. The number of benzene rings is 1. The fraction of sp³-hybridized carbons (Fsp3) is 0.647. The summed E-state index contributed by atoms with van der Waals surface area (Å²) in [5, 5.41) is 0. The molecule has 2 unspecified atom stereocenters. The molecule has 2 saturated heterocycles. The molecule has 0 bridgehead atoms. The van der Waals surface area contributed by atoms with Gasteiger partial charge in [-0.1, -0.05) is 32.9 Å². The number of likely N-dealkylation sites (tertiary alicyclic amines) is 1. The minimum Gasteiger partial charge on any atom is -0.371 e. The van der Waals surface area contributed by atoms with Crippen molar-refractivity contribution in [2.24, 2.45) is 11.8 Å². The predicted octanol–water partition coefficient (Wildman–Crippen LogP) is 2.98. The van der Waals surface area contributed by atoms with Crippen LogP contribution in [0.4, 0.5) is 5.69 Å². The summed E-state index contributed by atoms with van der Waals surface area (Å²) in [4.78, 5) is 5.08. The molecule has 0 amide bonds. The van der Waals surface area contributed by atoms with Gasteiger partial charge in [0.1, 0.15) is 0 Å². The lowest BCUT2D eigenvalue weighted by Gasteiger charge is -2.25. The van der Waals surface area contributed by atoms with Gasteiger partial charge in [-0.15, -0.1) is 0 Å². The van der Waals surface area contributed by atoms with Crippen molar-refractivity contribution >= 4 is 5.69 Å². The van der Waals surface area contributed by atoms with Crippen molar-refractivity contribution in [3.8, 4) is 0 Å². The number of hydrogen-bond acceptors (Lipinski definition) is 2. The van der Waals surface area contributed by atoms with Gasteiger partial charge in [-0.2, -0.15) is 0 Å². The average molecular weight is 258 g/mol. The molecule has 0 aromatic heterocycles. The van der Waals surface area contributed by atoms with Gasteiger partial charge in [0.05, 0.1) is 0 Å². The maximum atomic E-state index is 2.59. The summed E-state index contributed by atoms with van der Waals surface area (Å²) in [7, 11) is 2.25. The Bertz CT molecular complexity index is 447. The van der Waals surface area contributed by atoms with E-state index in [1.165, 1.54) is 37.4 Å². The lowest BCUT2D eigenvalue weighted by atomic mass is 9.87. The fourth-order valence-corrected chi connectivity index (χ4v) is 3.61. The van der Waals surface area contributed by atoms with Crippen LogP contribution in [0.15, 0.2) is 24.3 Å². The smallest absolute Gasteiger partial charge is 0.0369 e. The molecule has 2 heterocycles. The summed E-state index contributed by atoms with van der Waals surface area (Å²) in [5.41, 5.74) is 3.11. The maximum absolute atomic E-state index is 2.59. The van der Waals surface area contributed by atoms with Gasteiger partial charge in [-0.3, -0.25) is 0 Å². The van der Waals surface area contributed by atoms with E-state index in [0.717, 1.165) is 11.8 Å². The van der Waals surface area contributed by atoms with Crippen molar-refractivity contribution in [3.63, 3.8) is 0 Å². The van der Waals surface area contributed by atoms with E-state index in [1.54, 1.807) is 0 Å². The number of hydrogen-bond donors (Lipinski definition) is 0. The Morgan fingerprint density at radius 1 is 1.00 bits per heavy atom. The van der Waals surface area contributed by atoms with Crippen LogP contribution in [0.1, 0.15) is 26.3 Å². The standard InChI is InChI=1S/C17H26N2/c1-17(2,3)15-6-5-7-16(8-15)19-11-13-9-18(4)10-14(13)12-19/h5-8,13-14H,9-12H2,1-4H3. The van der Waals surface area contributed by atoms with E-state index in [4.69, 9.17) is 0 Å². The summed E-state index contributed by atoms with van der Waals surface area (Å²) in [6.07, 6.45) is 0. The average Bonchev–Trinajstić information content (AvgIpc) is 2.85. The minimum absolute atomic E-state index is 0.242. The van der Waals surface area contributed by atoms with E-state index in [0.29, 0.717) is 0 Å². The van der Waals surface area contributed by atoms with Crippen LogP contribution < -0.4 is 4.90 Å². The molecule has 2 heteroatoms. The second kappa shape index (κ2) is 4.52. The summed E-state index contributed by atoms with van der Waals surface area (Å²) < 4.78 is 0. The van der Waals surface area contributed by atoms with Crippen LogP contribution in [-0.2, 0) is 5.41 Å². The highest BCUT2D eigenvalue weighted by Crippen LogP contribution is 2.34. The van der Waals surface area contributed by atoms with Gasteiger partial charge in [-0.25, -0.2) is 0 Å². The number of fused-ring (bicyclic) bond motifs is 1. The highest BCUT2D eigenvalue weighted by molar-refractivity contribution is 5.51. The third kappa shape index (κ3) is 2.51. The molecule has 0 aliphatic carbocycles. The normalized spacial score (nSPS) is 27.9. The van der Waals surface area contributed by atoms with E-state index < -0.39 is 0 Å². The van der Waals surface area contributed by atoms with Crippen molar-refractivity contribution in [3.05, 3.63) is 29.8 Å². The molecular weight excluding hydrogens is 232 g/mol. The molecule has 104 valence electrons. The monoisotopic (exact) mass is 258 g/mol. The third-order valence-corrected chi connectivity index (χ3v) is 4.75. The lowest BCUT2D eigenvalue weighted by Crippen LogP contribution is -2.26. The molecule has 0 saturated carbocycles. The Morgan fingerprint density at radius 2 is 1.63 bits per heavy atom. The maximum Gasteiger partial charge on any atom is 0.0369 e. The summed E-state index contributed by atoms with van der Waals surface area (Å²) in [6, 6.07) is 9.15. The largest absolute Gasteiger partial charge is 0.371 e. The van der Waals surface area contributed by atoms with E-state index >= 15 is 0 Å². The zero-order valence-electron chi connectivity index (χ0n) is 12.7. The number of anilines is 1. The molecule has 2 aliphatic rings. The van der Waals surface area contributed by atoms with Crippen LogP contribution in [0.2, 0.25) is 0 Å². The van der Waals surface area contributed by atoms with Crippen molar-refractivity contribution in [2.75, 3.05) is 38.1 Å². The van der Waals surface area contributed by atoms with Crippen LogP contribution >= 0.6 is 0 Å². The molecule has 0 spiro atoms. The van der Waals surface area contributed by atoms with Gasteiger partial charge in [0.25, 0.3) is 0 Å². The zero-order valence-corrected chi connectivity index (χ0v) is 12.7. The Balaban J connectivity index is 1.78. The van der Waals surface area contributed by atoms with E-state index in [2.05, 4.69) is 61.9 Å². The Morgan fingerprint density at radius 3 is 2.21 bits per heavy atom. The van der Waals surface area contributed by atoms with Crippen LogP contribution in [0.3, 0.4) is 0 Å². The molecule has 0 N–H and O–H groups in total. The molecule has 2 fully saturated rings. The number of rotatable bonds is 1. The van der Waals surface area contributed by atoms with Gasteiger partial charge < -0.3 is 9.80 Å². The zero-order chi connectivity index (χ0) is 13.6. The highest BCUT2D eigenvalue weighted by atomic mass is 15.2. The lowest BCUT2D eigenvalue weighted by molar-refractivity contribution is 0.387. The van der Waals surface area contributed by atoms with Crippen molar-refractivity contribution < 1.29 is 0 Å². The number of nitrogens with zero attached hydrogens (tertiary/aromatic N) is 2. The molecule has 1 aromatic rings. The molecule has 3 rings (SSSR count). The van der Waals surface area contributed by atoms with Gasteiger partial charge in [0.2, 0.25) is 0 Å². The summed E-state index contributed by atoms with van der Waals surface area (Å²) in [6.45, 7) is 11.9. The van der Waals surface area contributed by atoms with Gasteiger partial charge in [-0.05, 0) is 42.0 Å². The second-order valence-corrected chi connectivity index (χ2v) is 7.45. The molecular formula is C17H26N2. The molecule has 19 heavy (non-hydrogen) atoms.